The van der Waals surface area contributed by atoms with E-state index in [0.29, 0.717) is 26.0 Å². The minimum absolute atomic E-state index is 0.0234. The van der Waals surface area contributed by atoms with Gasteiger partial charge in [0.1, 0.15) is 0 Å². The first-order valence-electron chi connectivity index (χ1n) is 5.38. The summed E-state index contributed by atoms with van der Waals surface area (Å²) in [5.74, 6) is -0.0598. The van der Waals surface area contributed by atoms with E-state index in [-0.39, 0.29) is 24.3 Å². The summed E-state index contributed by atoms with van der Waals surface area (Å²) in [6.07, 6.45) is 0.929. The minimum Gasteiger partial charge on any atom is -0.381 e. The van der Waals surface area contributed by atoms with Crippen LogP contribution in [0.4, 0.5) is 0 Å². The largest absolute Gasteiger partial charge is 0.381 e. The minimum atomic E-state index is -3.30. The van der Waals surface area contributed by atoms with Crippen molar-refractivity contribution in [1.29, 1.82) is 0 Å². The predicted molar refractivity (Wildman–Crippen MR) is 59.4 cm³/mol. The van der Waals surface area contributed by atoms with E-state index in [9.17, 15) is 13.2 Å². The topological polar surface area (TPSA) is 84.5 Å². The number of hydrogen-bond acceptors (Lipinski definition) is 4. The molecule has 1 aliphatic rings. The molecule has 1 rings (SSSR count). The van der Waals surface area contributed by atoms with Gasteiger partial charge in [-0.05, 0) is 13.3 Å². The fourth-order valence-electron chi connectivity index (χ4n) is 1.46. The van der Waals surface area contributed by atoms with Crippen LogP contribution in [0.15, 0.2) is 0 Å². The highest BCUT2D eigenvalue weighted by Gasteiger charge is 2.22. The van der Waals surface area contributed by atoms with Crippen LogP contribution in [0.2, 0.25) is 0 Å². The van der Waals surface area contributed by atoms with Crippen LogP contribution in [-0.2, 0) is 19.6 Å². The third-order valence-corrected chi connectivity index (χ3v) is 3.71. The van der Waals surface area contributed by atoms with Gasteiger partial charge < -0.3 is 10.1 Å². The molecule has 0 aliphatic carbocycles. The zero-order chi connectivity index (χ0) is 12.0. The van der Waals surface area contributed by atoms with Crippen LogP contribution < -0.4 is 10.0 Å². The number of nitrogens with one attached hydrogen (secondary N) is 2. The SMILES string of the molecule is CCOCCS(=O)(=O)NC1CCC(=O)NC1. The van der Waals surface area contributed by atoms with E-state index in [1.807, 2.05) is 6.92 Å². The summed E-state index contributed by atoms with van der Waals surface area (Å²) < 4.78 is 30.6. The third-order valence-electron chi connectivity index (χ3n) is 2.31. The molecule has 0 aromatic carbocycles. The maximum atomic E-state index is 11.6. The molecule has 6 nitrogen and oxygen atoms in total. The van der Waals surface area contributed by atoms with Crippen LogP contribution in [0.25, 0.3) is 0 Å². The molecule has 1 aliphatic heterocycles. The van der Waals surface area contributed by atoms with Gasteiger partial charge in [-0.2, -0.15) is 0 Å². The molecule has 94 valence electrons. The van der Waals surface area contributed by atoms with E-state index in [1.54, 1.807) is 0 Å². The lowest BCUT2D eigenvalue weighted by Crippen LogP contribution is -2.48. The summed E-state index contributed by atoms with van der Waals surface area (Å²) >= 11 is 0. The first kappa shape index (κ1) is 13.4. The summed E-state index contributed by atoms with van der Waals surface area (Å²) in [5.41, 5.74) is 0. The van der Waals surface area contributed by atoms with Crippen LogP contribution >= 0.6 is 0 Å². The van der Waals surface area contributed by atoms with Gasteiger partial charge in [-0.1, -0.05) is 0 Å². The van der Waals surface area contributed by atoms with Crippen molar-refractivity contribution < 1.29 is 17.9 Å². The highest BCUT2D eigenvalue weighted by atomic mass is 32.2. The van der Waals surface area contributed by atoms with Crippen LogP contribution in [-0.4, -0.2) is 45.9 Å². The number of piperidine rings is 1. The first-order chi connectivity index (χ1) is 7.53. The van der Waals surface area contributed by atoms with Gasteiger partial charge in [-0.25, -0.2) is 13.1 Å². The van der Waals surface area contributed by atoms with Crippen molar-refractivity contribution in [2.24, 2.45) is 0 Å². The molecular weight excluding hydrogens is 232 g/mol. The van der Waals surface area contributed by atoms with Crippen molar-refractivity contribution in [3.63, 3.8) is 0 Å². The zero-order valence-corrected chi connectivity index (χ0v) is 10.2. The summed E-state index contributed by atoms with van der Waals surface area (Å²) in [7, 11) is -3.30. The van der Waals surface area contributed by atoms with E-state index >= 15 is 0 Å². The number of amides is 1. The number of ether oxygens (including phenoxy) is 1. The Bertz CT molecular complexity index is 318. The number of carbonyl (C=O) groups is 1. The lowest BCUT2D eigenvalue weighted by Gasteiger charge is -2.23. The highest BCUT2D eigenvalue weighted by Crippen LogP contribution is 2.04. The Kier molecular flexibility index (Phi) is 5.17. The molecule has 1 fully saturated rings. The van der Waals surface area contributed by atoms with Crippen molar-refractivity contribution in [2.45, 2.75) is 25.8 Å². The lowest BCUT2D eigenvalue weighted by atomic mass is 10.1. The van der Waals surface area contributed by atoms with Crippen molar-refractivity contribution in [3.05, 3.63) is 0 Å². The Morgan fingerprint density at radius 1 is 1.56 bits per heavy atom. The highest BCUT2D eigenvalue weighted by molar-refractivity contribution is 7.89. The number of rotatable bonds is 6. The van der Waals surface area contributed by atoms with Crippen LogP contribution in [0.3, 0.4) is 0 Å². The molecule has 1 atom stereocenters. The van der Waals surface area contributed by atoms with Gasteiger partial charge in [0, 0.05) is 25.6 Å². The van der Waals surface area contributed by atoms with Gasteiger partial charge in [-0.15, -0.1) is 0 Å². The van der Waals surface area contributed by atoms with Crippen molar-refractivity contribution in [3.8, 4) is 0 Å². The van der Waals surface area contributed by atoms with Gasteiger partial charge in [0.25, 0.3) is 0 Å². The number of sulfonamides is 1. The Morgan fingerprint density at radius 2 is 2.31 bits per heavy atom. The molecule has 1 saturated heterocycles. The standard InChI is InChI=1S/C9H18N2O4S/c1-2-15-5-6-16(13,14)11-8-3-4-9(12)10-7-8/h8,11H,2-7H2,1H3,(H,10,12). The van der Waals surface area contributed by atoms with Crippen LogP contribution in [0.1, 0.15) is 19.8 Å². The zero-order valence-electron chi connectivity index (χ0n) is 9.36. The lowest BCUT2D eigenvalue weighted by molar-refractivity contribution is -0.122. The molecule has 16 heavy (non-hydrogen) atoms. The second-order valence-electron chi connectivity index (χ2n) is 3.67. The molecule has 0 bridgehead atoms. The Morgan fingerprint density at radius 3 is 2.88 bits per heavy atom. The second kappa shape index (κ2) is 6.17. The van der Waals surface area contributed by atoms with Crippen LogP contribution in [0, 0.1) is 0 Å². The fraction of sp³-hybridized carbons (Fsp3) is 0.889. The molecule has 1 heterocycles. The van der Waals surface area contributed by atoms with Gasteiger partial charge in [0.15, 0.2) is 0 Å². The third kappa shape index (κ3) is 4.91. The Balaban J connectivity index is 2.32. The van der Waals surface area contributed by atoms with E-state index < -0.39 is 10.0 Å². The number of carbonyl (C=O) groups excluding carboxylic acids is 1. The van der Waals surface area contributed by atoms with Gasteiger partial charge in [0.05, 0.1) is 12.4 Å². The monoisotopic (exact) mass is 250 g/mol. The molecule has 0 aromatic rings. The Hall–Kier alpha value is -0.660. The van der Waals surface area contributed by atoms with Crippen molar-refractivity contribution in [2.75, 3.05) is 25.5 Å². The normalized spacial score (nSPS) is 21.8. The molecule has 0 saturated carbocycles. The summed E-state index contributed by atoms with van der Waals surface area (Å²) in [4.78, 5) is 10.9. The van der Waals surface area contributed by atoms with E-state index in [2.05, 4.69) is 10.0 Å². The average molecular weight is 250 g/mol. The van der Waals surface area contributed by atoms with Crippen molar-refractivity contribution >= 4 is 15.9 Å². The summed E-state index contributed by atoms with van der Waals surface area (Å²) in [5, 5.41) is 2.62. The second-order valence-corrected chi connectivity index (χ2v) is 5.55. The molecule has 0 aromatic heterocycles. The van der Waals surface area contributed by atoms with E-state index in [1.165, 1.54) is 0 Å². The first-order valence-corrected chi connectivity index (χ1v) is 7.03. The molecule has 0 spiro atoms. The average Bonchev–Trinajstić information content (AvgIpc) is 2.21. The predicted octanol–water partition coefficient (Wildman–Crippen LogP) is -0.779. The summed E-state index contributed by atoms with van der Waals surface area (Å²) in [6, 6.07) is -0.190. The molecule has 7 heteroatoms. The molecule has 1 unspecified atom stereocenters. The van der Waals surface area contributed by atoms with E-state index in [4.69, 9.17) is 4.74 Å². The number of hydrogen-bond donors (Lipinski definition) is 2. The molecule has 0 radical (unpaired) electrons. The van der Waals surface area contributed by atoms with Crippen LogP contribution in [0.5, 0.6) is 0 Å². The quantitative estimate of drug-likeness (QED) is 0.606. The van der Waals surface area contributed by atoms with Gasteiger partial charge >= 0.3 is 0 Å². The maximum Gasteiger partial charge on any atom is 0.220 e. The molecular formula is C9H18N2O4S. The fourth-order valence-corrected chi connectivity index (χ4v) is 2.62. The van der Waals surface area contributed by atoms with Gasteiger partial charge in [0.2, 0.25) is 15.9 Å². The molecule has 2 N–H and O–H groups in total. The Labute approximate surface area is 95.8 Å². The summed E-state index contributed by atoms with van der Waals surface area (Å²) in [6.45, 7) is 2.89. The molecule has 1 amide bonds. The van der Waals surface area contributed by atoms with Gasteiger partial charge in [-0.3, -0.25) is 4.79 Å². The smallest absolute Gasteiger partial charge is 0.220 e. The van der Waals surface area contributed by atoms with E-state index in [0.717, 1.165) is 0 Å². The van der Waals surface area contributed by atoms with Crippen molar-refractivity contribution in [1.82, 2.24) is 10.0 Å². The maximum absolute atomic E-state index is 11.6.